The van der Waals surface area contributed by atoms with Crippen LogP contribution in [0.1, 0.15) is 47.1 Å². The molecule has 0 aromatic heterocycles. The van der Waals surface area contributed by atoms with Crippen molar-refractivity contribution in [2.45, 2.75) is 27.7 Å². The van der Waals surface area contributed by atoms with Crippen molar-refractivity contribution in [2.24, 2.45) is 5.41 Å². The van der Waals surface area contributed by atoms with Crippen LogP contribution in [-0.4, -0.2) is 11.7 Å². The maximum absolute atomic E-state index is 12.2. The van der Waals surface area contributed by atoms with Gasteiger partial charge in [0.05, 0.1) is 0 Å². The van der Waals surface area contributed by atoms with E-state index in [0.717, 1.165) is 11.3 Å². The largest absolute Gasteiger partial charge is 0.322 e. The first-order valence-electron chi connectivity index (χ1n) is 7.30. The van der Waals surface area contributed by atoms with Gasteiger partial charge < -0.3 is 5.32 Å². The van der Waals surface area contributed by atoms with Crippen molar-refractivity contribution in [1.29, 1.82) is 0 Å². The number of benzene rings is 2. The number of carbonyl (C=O) groups is 2. The average Bonchev–Trinajstić information content (AvgIpc) is 2.48. The van der Waals surface area contributed by atoms with E-state index in [-0.39, 0.29) is 11.7 Å². The number of carbonyl (C=O) groups excluding carboxylic acids is 2. The molecular formula is C19H21NO2. The molecular weight excluding hydrogens is 274 g/mol. The minimum Gasteiger partial charge on any atom is -0.322 e. The van der Waals surface area contributed by atoms with Crippen LogP contribution in [0.25, 0.3) is 0 Å². The number of rotatable bonds is 3. The van der Waals surface area contributed by atoms with Crippen molar-refractivity contribution in [3.63, 3.8) is 0 Å². The van der Waals surface area contributed by atoms with Gasteiger partial charge in [0.2, 0.25) is 0 Å². The summed E-state index contributed by atoms with van der Waals surface area (Å²) in [5, 5.41) is 2.84. The van der Waals surface area contributed by atoms with Crippen molar-refractivity contribution in [3.05, 3.63) is 65.2 Å². The van der Waals surface area contributed by atoms with Crippen LogP contribution in [0.5, 0.6) is 0 Å². The van der Waals surface area contributed by atoms with E-state index < -0.39 is 5.41 Å². The zero-order chi connectivity index (χ0) is 16.3. The van der Waals surface area contributed by atoms with Gasteiger partial charge in [0.15, 0.2) is 5.78 Å². The molecule has 2 rings (SSSR count). The molecule has 0 saturated carbocycles. The third-order valence-corrected chi connectivity index (χ3v) is 3.40. The number of Topliss-reactive ketones (excluding diaryl/α,β-unsaturated/α-hetero) is 1. The molecule has 0 radical (unpaired) electrons. The number of amides is 1. The lowest BCUT2D eigenvalue weighted by molar-refractivity contribution is 0.0857. The topological polar surface area (TPSA) is 46.2 Å². The molecule has 0 saturated heterocycles. The summed E-state index contributed by atoms with van der Waals surface area (Å²) in [6.07, 6.45) is 0. The Morgan fingerprint density at radius 3 is 1.82 bits per heavy atom. The van der Waals surface area contributed by atoms with Crippen LogP contribution in [0.2, 0.25) is 0 Å². The summed E-state index contributed by atoms with van der Waals surface area (Å²) in [5.74, 6) is -0.114. The zero-order valence-corrected chi connectivity index (χ0v) is 13.4. The lowest BCUT2D eigenvalue weighted by Gasteiger charge is -2.16. The fraction of sp³-hybridized carbons (Fsp3) is 0.263. The van der Waals surface area contributed by atoms with Gasteiger partial charge >= 0.3 is 0 Å². The SMILES string of the molecule is Cc1ccc(NC(=O)c2ccc(C(=O)C(C)(C)C)cc2)cc1. The standard InChI is InChI=1S/C19H21NO2/c1-13-5-11-16(12-6-13)20-18(22)15-9-7-14(8-10-15)17(21)19(2,3)4/h5-12H,1-4H3,(H,20,22). The highest BCUT2D eigenvalue weighted by atomic mass is 16.1. The zero-order valence-electron chi connectivity index (χ0n) is 13.4. The highest BCUT2D eigenvalue weighted by molar-refractivity contribution is 6.05. The van der Waals surface area contributed by atoms with Gasteiger partial charge in [-0.25, -0.2) is 0 Å². The first-order valence-corrected chi connectivity index (χ1v) is 7.30. The minimum absolute atomic E-state index is 0.0676. The Kier molecular flexibility index (Phi) is 4.45. The lowest BCUT2D eigenvalue weighted by Crippen LogP contribution is -2.20. The molecule has 3 heteroatoms. The molecule has 114 valence electrons. The van der Waals surface area contributed by atoms with Gasteiger partial charge in [-0.2, -0.15) is 0 Å². The van der Waals surface area contributed by atoms with E-state index in [1.165, 1.54) is 0 Å². The molecule has 0 bridgehead atoms. The highest BCUT2D eigenvalue weighted by Gasteiger charge is 2.22. The van der Waals surface area contributed by atoms with Crippen LogP contribution in [0.15, 0.2) is 48.5 Å². The van der Waals surface area contributed by atoms with E-state index in [1.807, 2.05) is 52.0 Å². The van der Waals surface area contributed by atoms with Gasteiger partial charge in [-0.15, -0.1) is 0 Å². The van der Waals surface area contributed by atoms with E-state index in [1.54, 1.807) is 24.3 Å². The Morgan fingerprint density at radius 1 is 0.818 bits per heavy atom. The smallest absolute Gasteiger partial charge is 0.255 e. The van der Waals surface area contributed by atoms with Crippen LogP contribution in [0.4, 0.5) is 5.69 Å². The Hall–Kier alpha value is -2.42. The predicted molar refractivity (Wildman–Crippen MR) is 89.4 cm³/mol. The van der Waals surface area contributed by atoms with Gasteiger partial charge in [0, 0.05) is 22.2 Å². The second kappa shape index (κ2) is 6.14. The maximum Gasteiger partial charge on any atom is 0.255 e. The molecule has 1 amide bonds. The molecule has 22 heavy (non-hydrogen) atoms. The van der Waals surface area contributed by atoms with Crippen LogP contribution in [0, 0.1) is 12.3 Å². The van der Waals surface area contributed by atoms with E-state index >= 15 is 0 Å². The molecule has 0 fully saturated rings. The Labute approximate surface area is 131 Å². The molecule has 2 aromatic carbocycles. The summed E-state index contributed by atoms with van der Waals surface area (Å²) < 4.78 is 0. The molecule has 0 aliphatic carbocycles. The number of anilines is 1. The summed E-state index contributed by atoms with van der Waals surface area (Å²) in [7, 11) is 0. The van der Waals surface area contributed by atoms with Crippen molar-refractivity contribution < 1.29 is 9.59 Å². The van der Waals surface area contributed by atoms with Crippen LogP contribution in [-0.2, 0) is 0 Å². The minimum atomic E-state index is -0.425. The molecule has 1 N–H and O–H groups in total. The molecule has 0 unspecified atom stereocenters. The molecule has 2 aromatic rings. The van der Waals surface area contributed by atoms with E-state index in [2.05, 4.69) is 5.32 Å². The first-order chi connectivity index (χ1) is 10.3. The highest BCUT2D eigenvalue weighted by Crippen LogP contribution is 2.21. The Balaban J connectivity index is 2.11. The first kappa shape index (κ1) is 16.0. The average molecular weight is 295 g/mol. The Morgan fingerprint density at radius 2 is 1.32 bits per heavy atom. The van der Waals surface area contributed by atoms with Crippen molar-refractivity contribution in [3.8, 4) is 0 Å². The van der Waals surface area contributed by atoms with Gasteiger partial charge in [0.1, 0.15) is 0 Å². The van der Waals surface area contributed by atoms with Crippen LogP contribution in [0.3, 0.4) is 0 Å². The van der Waals surface area contributed by atoms with E-state index in [4.69, 9.17) is 0 Å². The van der Waals surface area contributed by atoms with Gasteiger partial charge in [-0.05, 0) is 31.2 Å². The third kappa shape index (κ3) is 3.82. The molecule has 0 spiro atoms. The van der Waals surface area contributed by atoms with Crippen molar-refractivity contribution in [2.75, 3.05) is 5.32 Å². The molecule has 0 heterocycles. The number of ketones is 1. The number of hydrogen-bond acceptors (Lipinski definition) is 2. The summed E-state index contributed by atoms with van der Waals surface area (Å²) in [4.78, 5) is 24.4. The maximum atomic E-state index is 12.2. The monoisotopic (exact) mass is 295 g/mol. The summed E-state index contributed by atoms with van der Waals surface area (Å²) in [6.45, 7) is 7.64. The van der Waals surface area contributed by atoms with Crippen molar-refractivity contribution >= 4 is 17.4 Å². The fourth-order valence-electron chi connectivity index (χ4n) is 2.05. The second-order valence-electron chi connectivity index (χ2n) is 6.48. The summed E-state index contributed by atoms with van der Waals surface area (Å²) >= 11 is 0. The normalized spacial score (nSPS) is 11.1. The lowest BCUT2D eigenvalue weighted by atomic mass is 9.86. The molecule has 0 aliphatic rings. The quantitative estimate of drug-likeness (QED) is 0.849. The number of nitrogens with one attached hydrogen (secondary N) is 1. The predicted octanol–water partition coefficient (Wildman–Crippen LogP) is 4.48. The summed E-state index contributed by atoms with van der Waals surface area (Å²) in [6, 6.07) is 14.4. The second-order valence-corrected chi connectivity index (χ2v) is 6.48. The van der Waals surface area contributed by atoms with Crippen LogP contribution < -0.4 is 5.32 Å². The van der Waals surface area contributed by atoms with E-state index in [0.29, 0.717) is 11.1 Å². The molecule has 0 aliphatic heterocycles. The number of hydrogen-bond donors (Lipinski definition) is 1. The summed E-state index contributed by atoms with van der Waals surface area (Å²) in [5.41, 5.74) is 2.63. The molecule has 0 atom stereocenters. The number of aryl methyl sites for hydroxylation is 1. The van der Waals surface area contributed by atoms with Gasteiger partial charge in [-0.3, -0.25) is 9.59 Å². The Bertz CT molecular complexity index is 677. The van der Waals surface area contributed by atoms with Crippen LogP contribution >= 0.6 is 0 Å². The molecule has 3 nitrogen and oxygen atoms in total. The van der Waals surface area contributed by atoms with Gasteiger partial charge in [-0.1, -0.05) is 50.6 Å². The third-order valence-electron chi connectivity index (χ3n) is 3.40. The van der Waals surface area contributed by atoms with E-state index in [9.17, 15) is 9.59 Å². The van der Waals surface area contributed by atoms with Crippen molar-refractivity contribution in [1.82, 2.24) is 0 Å². The fourth-order valence-corrected chi connectivity index (χ4v) is 2.05. The van der Waals surface area contributed by atoms with Gasteiger partial charge in [0.25, 0.3) is 5.91 Å².